The molecule has 0 spiro atoms. The number of alkyl carbamates (subject to hydrolysis) is 1. The molecule has 0 rings (SSSR count). The Balaban J connectivity index is 4.01. The first-order valence-corrected chi connectivity index (χ1v) is 23.8. The first kappa shape index (κ1) is 52.7. The molecule has 1 unspecified atom stereocenters. The largest absolute Gasteiger partial charge is 0.469 e. The van der Waals surface area contributed by atoms with Crippen LogP contribution in [-0.2, 0) is 23.7 Å². The molecule has 54 heavy (non-hydrogen) atoms. The molecule has 0 fully saturated rings. The highest BCUT2D eigenvalue weighted by atomic mass is 16.6. The standard InChI is InChI=1S/C47H93NO6/c1-4-6-8-10-12-14-16-18-20-22-24-26-28-30-32-37-41-52-43-45(44-54-47(50)48-40-36-34-35-39-46(49)51-3)53-42-38-33-31-29-27-25-23-21-19-17-15-13-11-9-7-5-2/h45H,4-44H2,1-3H3,(H,48,50). The summed E-state index contributed by atoms with van der Waals surface area (Å²) in [5, 5.41) is 2.82. The lowest BCUT2D eigenvalue weighted by Crippen LogP contribution is -2.32. The minimum Gasteiger partial charge on any atom is -0.469 e. The summed E-state index contributed by atoms with van der Waals surface area (Å²) in [7, 11) is 1.41. The van der Waals surface area contributed by atoms with Crippen LogP contribution in [0.5, 0.6) is 0 Å². The van der Waals surface area contributed by atoms with E-state index in [0.29, 0.717) is 26.2 Å². The SMILES string of the molecule is CCCCCCCCCCCCCCCCCCOCC(COC(=O)NCCCCCC(=O)OC)OCCCCCCCCCCCCCCCCCC. The molecule has 0 radical (unpaired) electrons. The molecule has 7 nitrogen and oxygen atoms in total. The molecule has 0 heterocycles. The van der Waals surface area contributed by atoms with Crippen LogP contribution in [0.3, 0.4) is 0 Å². The van der Waals surface area contributed by atoms with Crippen molar-refractivity contribution in [2.75, 3.05) is 40.1 Å². The lowest BCUT2D eigenvalue weighted by atomic mass is 10.0. The minimum atomic E-state index is -0.420. The van der Waals surface area contributed by atoms with E-state index >= 15 is 0 Å². The Labute approximate surface area is 336 Å². The molecule has 0 aliphatic heterocycles. The Kier molecular flexibility index (Phi) is 44.9. The van der Waals surface area contributed by atoms with Gasteiger partial charge in [-0.05, 0) is 25.7 Å². The van der Waals surface area contributed by atoms with E-state index in [4.69, 9.17) is 14.2 Å². The maximum absolute atomic E-state index is 12.3. The van der Waals surface area contributed by atoms with Crippen LogP contribution in [0.15, 0.2) is 0 Å². The van der Waals surface area contributed by atoms with Crippen LogP contribution in [0.2, 0.25) is 0 Å². The van der Waals surface area contributed by atoms with Gasteiger partial charge in [-0.15, -0.1) is 0 Å². The Morgan fingerprint density at radius 3 is 1.22 bits per heavy atom. The maximum atomic E-state index is 12.3. The van der Waals surface area contributed by atoms with Crippen molar-refractivity contribution in [1.29, 1.82) is 0 Å². The van der Waals surface area contributed by atoms with E-state index in [2.05, 4.69) is 23.9 Å². The molecule has 322 valence electrons. The second kappa shape index (κ2) is 46.0. The smallest absolute Gasteiger partial charge is 0.407 e. The summed E-state index contributed by atoms with van der Waals surface area (Å²) in [5.74, 6) is -0.190. The van der Waals surface area contributed by atoms with Crippen LogP contribution in [0.1, 0.15) is 245 Å². The van der Waals surface area contributed by atoms with Crippen LogP contribution in [0.25, 0.3) is 0 Å². The summed E-state index contributed by atoms with van der Waals surface area (Å²) >= 11 is 0. The molecule has 0 saturated carbocycles. The molecule has 1 N–H and O–H groups in total. The van der Waals surface area contributed by atoms with Gasteiger partial charge in [0.25, 0.3) is 0 Å². The first-order chi connectivity index (χ1) is 26.6. The van der Waals surface area contributed by atoms with Gasteiger partial charge in [0.05, 0.1) is 13.7 Å². The second-order valence-corrected chi connectivity index (χ2v) is 16.1. The zero-order valence-electron chi connectivity index (χ0n) is 36.5. The van der Waals surface area contributed by atoms with Gasteiger partial charge in [0.2, 0.25) is 0 Å². The number of rotatable bonds is 45. The Morgan fingerprint density at radius 1 is 0.444 bits per heavy atom. The van der Waals surface area contributed by atoms with E-state index < -0.39 is 6.09 Å². The van der Waals surface area contributed by atoms with Crippen molar-refractivity contribution in [3.8, 4) is 0 Å². The molecule has 0 aromatic rings. The molecule has 0 aliphatic carbocycles. The molecular formula is C47H93NO6. The normalized spacial score (nSPS) is 11.9. The average Bonchev–Trinajstić information content (AvgIpc) is 3.18. The van der Waals surface area contributed by atoms with E-state index in [0.717, 1.165) is 38.7 Å². The number of amides is 1. The molecule has 1 atom stereocenters. The quantitative estimate of drug-likeness (QED) is 0.0491. The van der Waals surface area contributed by atoms with Crippen molar-refractivity contribution in [2.24, 2.45) is 0 Å². The zero-order valence-corrected chi connectivity index (χ0v) is 36.5. The number of unbranched alkanes of at least 4 members (excludes halogenated alkanes) is 32. The summed E-state index contributed by atoms with van der Waals surface area (Å²) in [4.78, 5) is 23.5. The second-order valence-electron chi connectivity index (χ2n) is 16.1. The van der Waals surface area contributed by atoms with Crippen molar-refractivity contribution in [2.45, 2.75) is 251 Å². The molecule has 0 aliphatic rings. The van der Waals surface area contributed by atoms with Crippen molar-refractivity contribution >= 4 is 12.1 Å². The number of carbonyl (C=O) groups excluding carboxylic acids is 2. The highest BCUT2D eigenvalue weighted by Crippen LogP contribution is 2.16. The van der Waals surface area contributed by atoms with Gasteiger partial charge in [-0.2, -0.15) is 0 Å². The third kappa shape index (κ3) is 43.4. The van der Waals surface area contributed by atoms with E-state index in [-0.39, 0.29) is 18.7 Å². The predicted molar refractivity (Wildman–Crippen MR) is 229 cm³/mol. The third-order valence-electron chi connectivity index (χ3n) is 10.8. The van der Waals surface area contributed by atoms with E-state index in [1.165, 1.54) is 200 Å². The van der Waals surface area contributed by atoms with Crippen molar-refractivity contribution < 1.29 is 28.5 Å². The van der Waals surface area contributed by atoms with Gasteiger partial charge >= 0.3 is 12.1 Å². The number of esters is 1. The van der Waals surface area contributed by atoms with Gasteiger partial charge in [0.15, 0.2) is 0 Å². The van der Waals surface area contributed by atoms with Crippen LogP contribution < -0.4 is 5.32 Å². The molecular weight excluding hydrogens is 675 g/mol. The van der Waals surface area contributed by atoms with Crippen LogP contribution >= 0.6 is 0 Å². The van der Waals surface area contributed by atoms with E-state index in [1.807, 2.05) is 0 Å². The van der Waals surface area contributed by atoms with Gasteiger partial charge in [-0.25, -0.2) is 4.79 Å². The molecule has 7 heteroatoms. The van der Waals surface area contributed by atoms with E-state index in [1.54, 1.807) is 0 Å². The number of ether oxygens (including phenoxy) is 4. The molecule has 0 saturated heterocycles. The summed E-state index contributed by atoms with van der Waals surface area (Å²) in [6.07, 6.45) is 45.6. The third-order valence-corrected chi connectivity index (χ3v) is 10.8. The van der Waals surface area contributed by atoms with Gasteiger partial charge in [-0.3, -0.25) is 4.79 Å². The van der Waals surface area contributed by atoms with Crippen molar-refractivity contribution in [1.82, 2.24) is 5.32 Å². The molecule has 0 aromatic carbocycles. The lowest BCUT2D eigenvalue weighted by Gasteiger charge is -2.18. The number of nitrogens with one attached hydrogen (secondary N) is 1. The number of hydrogen-bond donors (Lipinski definition) is 1. The minimum absolute atomic E-state index is 0.190. The highest BCUT2D eigenvalue weighted by Gasteiger charge is 2.13. The average molecular weight is 768 g/mol. The van der Waals surface area contributed by atoms with Crippen LogP contribution in [-0.4, -0.2) is 58.2 Å². The Hall–Kier alpha value is -1.34. The van der Waals surface area contributed by atoms with Gasteiger partial charge in [-0.1, -0.05) is 213 Å². The molecule has 0 bridgehead atoms. The fraction of sp³-hybridized carbons (Fsp3) is 0.957. The lowest BCUT2D eigenvalue weighted by molar-refractivity contribution is -0.140. The fourth-order valence-electron chi connectivity index (χ4n) is 7.09. The van der Waals surface area contributed by atoms with Crippen LogP contribution in [0, 0.1) is 0 Å². The highest BCUT2D eigenvalue weighted by molar-refractivity contribution is 5.69. The van der Waals surface area contributed by atoms with Gasteiger partial charge < -0.3 is 24.3 Å². The van der Waals surface area contributed by atoms with Crippen molar-refractivity contribution in [3.63, 3.8) is 0 Å². The zero-order chi connectivity index (χ0) is 39.3. The monoisotopic (exact) mass is 768 g/mol. The number of hydrogen-bond acceptors (Lipinski definition) is 6. The fourth-order valence-corrected chi connectivity index (χ4v) is 7.09. The summed E-state index contributed by atoms with van der Waals surface area (Å²) in [6.45, 7) is 7.17. The summed E-state index contributed by atoms with van der Waals surface area (Å²) in [5.41, 5.74) is 0. The van der Waals surface area contributed by atoms with Gasteiger partial charge in [0, 0.05) is 26.2 Å². The topological polar surface area (TPSA) is 83.1 Å². The first-order valence-electron chi connectivity index (χ1n) is 23.8. The Bertz CT molecular complexity index is 750. The summed E-state index contributed by atoms with van der Waals surface area (Å²) < 4.78 is 22.4. The van der Waals surface area contributed by atoms with Gasteiger partial charge in [0.1, 0.15) is 12.7 Å². The summed E-state index contributed by atoms with van der Waals surface area (Å²) in [6, 6.07) is 0. The Morgan fingerprint density at radius 2 is 0.815 bits per heavy atom. The number of carbonyl (C=O) groups is 2. The van der Waals surface area contributed by atoms with Crippen LogP contribution in [0.4, 0.5) is 4.79 Å². The molecule has 1 amide bonds. The van der Waals surface area contributed by atoms with Crippen molar-refractivity contribution in [3.05, 3.63) is 0 Å². The number of methoxy groups -OCH3 is 1. The van der Waals surface area contributed by atoms with E-state index in [9.17, 15) is 9.59 Å². The molecule has 0 aromatic heterocycles. The maximum Gasteiger partial charge on any atom is 0.407 e. The predicted octanol–water partition coefficient (Wildman–Crippen LogP) is 14.4.